The molecule has 2 aromatic carbocycles. The van der Waals surface area contributed by atoms with Crippen LogP contribution in [0.15, 0.2) is 53.0 Å². The van der Waals surface area contributed by atoms with Crippen LogP contribution in [0.5, 0.6) is 0 Å². The Kier molecular flexibility index (Phi) is 6.45. The third-order valence-electron chi connectivity index (χ3n) is 3.18. The third-order valence-corrected chi connectivity index (χ3v) is 3.71. The van der Waals surface area contributed by atoms with E-state index in [0.29, 0.717) is 11.4 Å². The number of nitrogens with one attached hydrogen (secondary N) is 3. The van der Waals surface area contributed by atoms with Crippen molar-refractivity contribution >= 4 is 39.1 Å². The lowest BCUT2D eigenvalue weighted by Gasteiger charge is -2.14. The lowest BCUT2D eigenvalue weighted by atomic mass is 10.3. The molecule has 2 aromatic rings. The van der Waals surface area contributed by atoms with Crippen LogP contribution >= 0.6 is 15.9 Å². The first-order chi connectivity index (χ1) is 11.4. The van der Waals surface area contributed by atoms with Gasteiger partial charge in [0.25, 0.3) is 11.8 Å². The number of hydrogen-bond acceptors (Lipinski definition) is 2. The molecule has 0 aromatic heterocycles. The molecule has 0 saturated heterocycles. The van der Waals surface area contributed by atoms with Crippen molar-refractivity contribution in [1.29, 1.82) is 0 Å². The monoisotopic (exact) mass is 394 g/mol. The van der Waals surface area contributed by atoms with Gasteiger partial charge in [0.15, 0.2) is 13.1 Å². The number of hydrogen-bond donors (Lipinski definition) is 3. The van der Waals surface area contributed by atoms with E-state index in [2.05, 4.69) is 26.6 Å². The molecular weight excluding hydrogens is 377 g/mol. The van der Waals surface area contributed by atoms with Crippen LogP contribution in [0.25, 0.3) is 0 Å². The molecule has 0 aliphatic heterocycles. The molecule has 0 aliphatic rings. The normalized spacial score (nSPS) is 11.6. The predicted octanol–water partition coefficient (Wildman–Crippen LogP) is 1.68. The Hall–Kier alpha value is -2.25. The van der Waals surface area contributed by atoms with Gasteiger partial charge in [-0.05, 0) is 48.5 Å². The number of anilines is 2. The van der Waals surface area contributed by atoms with Crippen LogP contribution in [-0.4, -0.2) is 32.0 Å². The molecule has 0 fully saturated rings. The van der Waals surface area contributed by atoms with Crippen molar-refractivity contribution in [3.8, 4) is 0 Å². The Morgan fingerprint density at radius 3 is 1.79 bits per heavy atom. The van der Waals surface area contributed by atoms with Gasteiger partial charge in [-0.3, -0.25) is 9.59 Å². The van der Waals surface area contributed by atoms with Crippen molar-refractivity contribution in [2.24, 2.45) is 0 Å². The maximum Gasteiger partial charge on any atom is 0.279 e. The second-order valence-corrected chi connectivity index (χ2v) is 6.34. The predicted molar refractivity (Wildman–Crippen MR) is 94.4 cm³/mol. The van der Waals surface area contributed by atoms with Crippen molar-refractivity contribution in [2.45, 2.75) is 0 Å². The van der Waals surface area contributed by atoms with Crippen LogP contribution in [0.2, 0.25) is 0 Å². The molecule has 0 bridgehead atoms. The Morgan fingerprint density at radius 1 is 0.917 bits per heavy atom. The van der Waals surface area contributed by atoms with Crippen LogP contribution < -0.4 is 15.5 Å². The highest BCUT2D eigenvalue weighted by atomic mass is 79.9. The van der Waals surface area contributed by atoms with Gasteiger partial charge < -0.3 is 15.5 Å². The number of quaternary nitrogens is 1. The zero-order valence-corrected chi connectivity index (χ0v) is 14.7. The quantitative estimate of drug-likeness (QED) is 0.697. The van der Waals surface area contributed by atoms with E-state index < -0.39 is 0 Å². The molecule has 3 N–H and O–H groups in total. The van der Waals surface area contributed by atoms with Gasteiger partial charge in [0.05, 0.1) is 7.05 Å². The molecule has 0 saturated carbocycles. The lowest BCUT2D eigenvalue weighted by molar-refractivity contribution is -0.862. The second kappa shape index (κ2) is 8.56. The van der Waals surface area contributed by atoms with Crippen LogP contribution in [0.1, 0.15) is 0 Å². The van der Waals surface area contributed by atoms with Crippen LogP contribution in [-0.2, 0) is 9.59 Å². The van der Waals surface area contributed by atoms with Gasteiger partial charge in [0.2, 0.25) is 0 Å². The van der Waals surface area contributed by atoms with Crippen molar-refractivity contribution in [2.75, 3.05) is 30.8 Å². The molecule has 5 nitrogen and oxygen atoms in total. The smallest absolute Gasteiger partial charge is 0.279 e. The minimum Gasteiger partial charge on any atom is -0.322 e. The Labute approximate surface area is 148 Å². The van der Waals surface area contributed by atoms with Crippen molar-refractivity contribution in [3.05, 3.63) is 58.8 Å². The maximum absolute atomic E-state index is 12.8. The fraction of sp³-hybridized carbons (Fsp3) is 0.176. The SMILES string of the molecule is C[NH+](CC(=O)Nc1ccc(F)cc1)CC(=O)Nc1ccc(Br)cc1. The minimum absolute atomic E-state index is 0.130. The van der Waals surface area contributed by atoms with E-state index in [9.17, 15) is 14.0 Å². The number of rotatable bonds is 6. The summed E-state index contributed by atoms with van der Waals surface area (Å²) in [5.41, 5.74) is 1.22. The average Bonchev–Trinajstić information content (AvgIpc) is 2.51. The van der Waals surface area contributed by atoms with Gasteiger partial charge in [-0.25, -0.2) is 4.39 Å². The molecule has 1 unspecified atom stereocenters. The van der Waals surface area contributed by atoms with Crippen LogP contribution in [0.3, 0.4) is 0 Å². The molecule has 2 rings (SSSR count). The molecule has 0 aliphatic carbocycles. The zero-order chi connectivity index (χ0) is 17.5. The summed E-state index contributed by atoms with van der Waals surface area (Å²) in [5, 5.41) is 5.44. The zero-order valence-electron chi connectivity index (χ0n) is 13.1. The number of likely N-dealkylation sites (N-methyl/N-ethyl adjacent to an activating group) is 1. The maximum atomic E-state index is 12.8. The summed E-state index contributed by atoms with van der Waals surface area (Å²) in [7, 11) is 1.76. The van der Waals surface area contributed by atoms with Gasteiger partial charge in [0, 0.05) is 15.8 Å². The Balaban J connectivity index is 1.78. The molecule has 7 heteroatoms. The van der Waals surface area contributed by atoms with Crippen molar-refractivity contribution in [1.82, 2.24) is 0 Å². The van der Waals surface area contributed by atoms with E-state index in [-0.39, 0.29) is 30.7 Å². The number of carbonyl (C=O) groups excluding carboxylic acids is 2. The number of carbonyl (C=O) groups is 2. The molecule has 2 amide bonds. The fourth-order valence-corrected chi connectivity index (χ4v) is 2.35. The summed E-state index contributed by atoms with van der Waals surface area (Å²) in [4.78, 5) is 24.6. The van der Waals surface area contributed by atoms with Gasteiger partial charge in [-0.1, -0.05) is 15.9 Å². The summed E-state index contributed by atoms with van der Waals surface area (Å²) >= 11 is 3.33. The Morgan fingerprint density at radius 2 is 1.33 bits per heavy atom. The number of benzene rings is 2. The van der Waals surface area contributed by atoms with E-state index in [1.165, 1.54) is 24.3 Å². The summed E-state index contributed by atoms with van der Waals surface area (Å²) in [6.07, 6.45) is 0. The second-order valence-electron chi connectivity index (χ2n) is 5.42. The highest BCUT2D eigenvalue weighted by molar-refractivity contribution is 9.10. The number of halogens is 2. The van der Waals surface area contributed by atoms with Crippen molar-refractivity contribution < 1.29 is 18.9 Å². The van der Waals surface area contributed by atoms with Crippen LogP contribution in [0, 0.1) is 5.82 Å². The minimum atomic E-state index is -0.361. The molecule has 24 heavy (non-hydrogen) atoms. The summed E-state index contributed by atoms with van der Waals surface area (Å²) in [6, 6.07) is 12.8. The molecule has 1 atom stereocenters. The first-order valence-corrected chi connectivity index (χ1v) is 8.14. The van der Waals surface area contributed by atoms with E-state index >= 15 is 0 Å². The summed E-state index contributed by atoms with van der Waals surface area (Å²) in [5.74, 6) is -0.777. The van der Waals surface area contributed by atoms with Gasteiger partial charge in [-0.2, -0.15) is 0 Å². The third kappa shape index (κ3) is 6.10. The van der Waals surface area contributed by atoms with E-state index in [1.807, 2.05) is 12.1 Å². The average molecular weight is 395 g/mol. The lowest BCUT2D eigenvalue weighted by Crippen LogP contribution is -3.11. The van der Waals surface area contributed by atoms with Gasteiger partial charge in [-0.15, -0.1) is 0 Å². The highest BCUT2D eigenvalue weighted by Crippen LogP contribution is 2.13. The molecule has 0 radical (unpaired) electrons. The van der Waals surface area contributed by atoms with Gasteiger partial charge >= 0.3 is 0 Å². The van der Waals surface area contributed by atoms with Gasteiger partial charge in [0.1, 0.15) is 5.82 Å². The molecule has 126 valence electrons. The van der Waals surface area contributed by atoms with Crippen molar-refractivity contribution in [3.63, 3.8) is 0 Å². The van der Waals surface area contributed by atoms with Crippen LogP contribution in [0.4, 0.5) is 15.8 Å². The van der Waals surface area contributed by atoms with E-state index in [0.717, 1.165) is 9.37 Å². The number of amides is 2. The first-order valence-electron chi connectivity index (χ1n) is 7.34. The van der Waals surface area contributed by atoms with E-state index in [1.54, 1.807) is 19.2 Å². The van der Waals surface area contributed by atoms with E-state index in [4.69, 9.17) is 0 Å². The summed E-state index contributed by atoms with van der Waals surface area (Å²) < 4.78 is 13.7. The largest absolute Gasteiger partial charge is 0.322 e. The molecule has 0 heterocycles. The highest BCUT2D eigenvalue weighted by Gasteiger charge is 2.14. The first kappa shape index (κ1) is 18.1. The summed E-state index contributed by atoms with van der Waals surface area (Å²) in [6.45, 7) is 0.290. The standard InChI is InChI=1S/C17H17BrFN3O2/c1-22(10-16(23)20-14-6-2-12(18)3-7-14)11-17(24)21-15-8-4-13(19)5-9-15/h2-9H,10-11H2,1H3,(H,20,23)(H,21,24)/p+1. The Bertz CT molecular complexity index is 643. The topological polar surface area (TPSA) is 62.6 Å². The molecule has 0 spiro atoms. The fourth-order valence-electron chi connectivity index (χ4n) is 2.09. The molecular formula is C17H18BrFN3O2+.